The molecule has 1 aromatic heterocycles. The van der Waals surface area contributed by atoms with E-state index < -0.39 is 0 Å². The summed E-state index contributed by atoms with van der Waals surface area (Å²) in [6.45, 7) is 4.39. The van der Waals surface area contributed by atoms with Crippen molar-refractivity contribution < 1.29 is 9.53 Å². The Labute approximate surface area is 119 Å². The summed E-state index contributed by atoms with van der Waals surface area (Å²) in [5.41, 5.74) is 7.67. The second-order valence-electron chi connectivity index (χ2n) is 4.99. The number of carbonyl (C=O) groups excluding carboxylic acids is 1. The summed E-state index contributed by atoms with van der Waals surface area (Å²) in [5.74, 6) is -0.136. The molecule has 0 radical (unpaired) electrons. The van der Waals surface area contributed by atoms with E-state index in [9.17, 15) is 4.79 Å². The lowest BCUT2D eigenvalue weighted by Crippen LogP contribution is -2.15. The second-order valence-corrected chi connectivity index (χ2v) is 4.99. The van der Waals surface area contributed by atoms with Gasteiger partial charge in [-0.25, -0.2) is 0 Å². The Morgan fingerprint density at radius 3 is 2.85 bits per heavy atom. The lowest BCUT2D eigenvalue weighted by Gasteiger charge is -2.19. The number of benzene rings is 1. The van der Waals surface area contributed by atoms with Crippen molar-refractivity contribution in [1.82, 2.24) is 4.57 Å². The molecule has 2 N–H and O–H groups in total. The van der Waals surface area contributed by atoms with Crippen molar-refractivity contribution in [2.75, 3.05) is 12.3 Å². The molecule has 0 bridgehead atoms. The first-order chi connectivity index (χ1) is 9.65. The van der Waals surface area contributed by atoms with E-state index in [1.807, 2.05) is 37.4 Å². The molecule has 1 heterocycles. The van der Waals surface area contributed by atoms with Crippen LogP contribution in [-0.4, -0.2) is 17.1 Å². The van der Waals surface area contributed by atoms with Crippen LogP contribution in [0.3, 0.4) is 0 Å². The van der Waals surface area contributed by atoms with Crippen LogP contribution in [0, 0.1) is 0 Å². The van der Waals surface area contributed by atoms with Crippen LogP contribution in [0.5, 0.6) is 0 Å². The van der Waals surface area contributed by atoms with E-state index in [2.05, 4.69) is 11.5 Å². The van der Waals surface area contributed by atoms with Crippen LogP contribution >= 0.6 is 0 Å². The SMILES string of the molecule is CCCC(CC(=O)OCC)n1ccc2cc(N)ccc21. The average Bonchev–Trinajstić information content (AvgIpc) is 2.81. The van der Waals surface area contributed by atoms with Gasteiger partial charge in [0.25, 0.3) is 0 Å². The molecule has 1 unspecified atom stereocenters. The smallest absolute Gasteiger partial charge is 0.307 e. The van der Waals surface area contributed by atoms with Crippen LogP contribution in [0.1, 0.15) is 39.2 Å². The molecule has 2 rings (SSSR count). The molecule has 4 nitrogen and oxygen atoms in total. The largest absolute Gasteiger partial charge is 0.466 e. The molecule has 0 amide bonds. The molecule has 0 saturated heterocycles. The van der Waals surface area contributed by atoms with Crippen molar-refractivity contribution in [3.63, 3.8) is 0 Å². The maximum atomic E-state index is 11.8. The van der Waals surface area contributed by atoms with Gasteiger partial charge in [-0.2, -0.15) is 0 Å². The van der Waals surface area contributed by atoms with Gasteiger partial charge < -0.3 is 15.0 Å². The highest BCUT2D eigenvalue weighted by atomic mass is 16.5. The number of carbonyl (C=O) groups is 1. The Hall–Kier alpha value is -1.97. The van der Waals surface area contributed by atoms with Gasteiger partial charge in [0.05, 0.1) is 13.0 Å². The van der Waals surface area contributed by atoms with Crippen LogP contribution < -0.4 is 5.73 Å². The van der Waals surface area contributed by atoms with Crippen molar-refractivity contribution >= 4 is 22.6 Å². The van der Waals surface area contributed by atoms with Crippen molar-refractivity contribution in [2.24, 2.45) is 0 Å². The van der Waals surface area contributed by atoms with Crippen LogP contribution in [0.25, 0.3) is 10.9 Å². The first-order valence-corrected chi connectivity index (χ1v) is 7.17. The molecule has 0 saturated carbocycles. The fourth-order valence-electron chi connectivity index (χ4n) is 2.59. The molecule has 0 spiro atoms. The number of nitrogen functional groups attached to an aromatic ring is 1. The summed E-state index contributed by atoms with van der Waals surface area (Å²) in [6, 6.07) is 8.05. The van der Waals surface area contributed by atoms with E-state index in [4.69, 9.17) is 10.5 Å². The lowest BCUT2D eigenvalue weighted by molar-refractivity contribution is -0.144. The maximum absolute atomic E-state index is 11.8. The predicted molar refractivity (Wildman–Crippen MR) is 81.5 cm³/mol. The number of fused-ring (bicyclic) bond motifs is 1. The van der Waals surface area contributed by atoms with E-state index in [0.717, 1.165) is 29.4 Å². The van der Waals surface area contributed by atoms with Gasteiger partial charge in [0.1, 0.15) is 0 Å². The first-order valence-electron chi connectivity index (χ1n) is 7.17. The van der Waals surface area contributed by atoms with E-state index in [-0.39, 0.29) is 12.0 Å². The number of esters is 1. The number of nitrogens with two attached hydrogens (primary N) is 1. The molecular weight excluding hydrogens is 252 g/mol. The quantitative estimate of drug-likeness (QED) is 0.647. The molecule has 2 aromatic rings. The van der Waals surface area contributed by atoms with Crippen LogP contribution in [-0.2, 0) is 9.53 Å². The molecule has 4 heteroatoms. The summed E-state index contributed by atoms with van der Waals surface area (Å²) >= 11 is 0. The molecule has 1 atom stereocenters. The van der Waals surface area contributed by atoms with Crippen molar-refractivity contribution in [2.45, 2.75) is 39.2 Å². The minimum atomic E-state index is -0.136. The van der Waals surface area contributed by atoms with E-state index in [0.29, 0.717) is 13.0 Å². The van der Waals surface area contributed by atoms with Crippen LogP contribution in [0.15, 0.2) is 30.5 Å². The third-order valence-electron chi connectivity index (χ3n) is 3.47. The Morgan fingerprint density at radius 1 is 1.35 bits per heavy atom. The average molecular weight is 274 g/mol. The number of hydrogen-bond donors (Lipinski definition) is 1. The van der Waals surface area contributed by atoms with Gasteiger partial charge >= 0.3 is 5.97 Å². The van der Waals surface area contributed by atoms with Crippen LogP contribution in [0.2, 0.25) is 0 Å². The zero-order chi connectivity index (χ0) is 14.5. The van der Waals surface area contributed by atoms with Crippen molar-refractivity contribution in [1.29, 1.82) is 0 Å². The molecule has 0 aliphatic carbocycles. The van der Waals surface area contributed by atoms with Gasteiger partial charge in [0.15, 0.2) is 0 Å². The third-order valence-corrected chi connectivity index (χ3v) is 3.47. The summed E-state index contributed by atoms with van der Waals surface area (Å²) in [7, 11) is 0. The summed E-state index contributed by atoms with van der Waals surface area (Å²) < 4.78 is 7.24. The highest BCUT2D eigenvalue weighted by molar-refractivity contribution is 5.83. The minimum absolute atomic E-state index is 0.136. The first kappa shape index (κ1) is 14.4. The standard InChI is InChI=1S/C16H22N2O2/c1-3-5-14(11-16(19)20-4-2)18-9-8-12-10-13(17)6-7-15(12)18/h6-10,14H,3-5,11,17H2,1-2H3. The number of ether oxygens (including phenoxy) is 1. The zero-order valence-electron chi connectivity index (χ0n) is 12.1. The van der Waals surface area contributed by atoms with Gasteiger partial charge in [-0.05, 0) is 37.6 Å². The fraction of sp³-hybridized carbons (Fsp3) is 0.438. The maximum Gasteiger partial charge on any atom is 0.307 e. The zero-order valence-corrected chi connectivity index (χ0v) is 12.1. The number of rotatable bonds is 6. The van der Waals surface area contributed by atoms with Gasteiger partial charge in [-0.3, -0.25) is 4.79 Å². The summed E-state index contributed by atoms with van der Waals surface area (Å²) in [6.07, 6.45) is 4.42. The molecule has 0 aliphatic heterocycles. The lowest BCUT2D eigenvalue weighted by atomic mass is 10.1. The molecule has 108 valence electrons. The summed E-state index contributed by atoms with van der Waals surface area (Å²) in [5, 5.41) is 1.11. The second kappa shape index (κ2) is 6.46. The Balaban J connectivity index is 2.29. The van der Waals surface area contributed by atoms with Gasteiger partial charge in [0.2, 0.25) is 0 Å². The molecular formula is C16H22N2O2. The number of aromatic nitrogens is 1. The minimum Gasteiger partial charge on any atom is -0.466 e. The molecule has 1 aromatic carbocycles. The number of anilines is 1. The van der Waals surface area contributed by atoms with Gasteiger partial charge in [-0.1, -0.05) is 13.3 Å². The Kier molecular flexibility index (Phi) is 4.66. The number of hydrogen-bond acceptors (Lipinski definition) is 3. The van der Waals surface area contributed by atoms with Crippen molar-refractivity contribution in [3.05, 3.63) is 30.5 Å². The topological polar surface area (TPSA) is 57.2 Å². The molecule has 20 heavy (non-hydrogen) atoms. The van der Waals surface area contributed by atoms with E-state index >= 15 is 0 Å². The summed E-state index contributed by atoms with van der Waals surface area (Å²) in [4.78, 5) is 11.8. The van der Waals surface area contributed by atoms with Gasteiger partial charge in [0, 0.05) is 28.8 Å². The molecule has 0 aliphatic rings. The Morgan fingerprint density at radius 2 is 2.15 bits per heavy atom. The molecule has 0 fully saturated rings. The van der Waals surface area contributed by atoms with Crippen molar-refractivity contribution in [3.8, 4) is 0 Å². The monoisotopic (exact) mass is 274 g/mol. The predicted octanol–water partition coefficient (Wildman–Crippen LogP) is 3.52. The highest BCUT2D eigenvalue weighted by Gasteiger charge is 2.17. The van der Waals surface area contributed by atoms with Gasteiger partial charge in [-0.15, -0.1) is 0 Å². The normalized spacial score (nSPS) is 12.5. The Bertz CT molecular complexity index is 589. The van der Waals surface area contributed by atoms with E-state index in [1.165, 1.54) is 0 Å². The number of nitrogens with zero attached hydrogens (tertiary/aromatic N) is 1. The fourth-order valence-corrected chi connectivity index (χ4v) is 2.59. The van der Waals surface area contributed by atoms with E-state index in [1.54, 1.807) is 0 Å². The third kappa shape index (κ3) is 3.13. The highest BCUT2D eigenvalue weighted by Crippen LogP contribution is 2.27. The van der Waals surface area contributed by atoms with Crippen LogP contribution in [0.4, 0.5) is 5.69 Å².